The van der Waals surface area contributed by atoms with Crippen LogP contribution in [0.1, 0.15) is 16.7 Å². The average molecular weight is 557 g/mol. The van der Waals surface area contributed by atoms with Gasteiger partial charge in [0.25, 0.3) is 11.1 Å². The van der Waals surface area contributed by atoms with E-state index in [2.05, 4.69) is 5.32 Å². The number of hydrogen-bond acceptors (Lipinski definition) is 6. The highest BCUT2D eigenvalue weighted by atomic mass is 35.5. The molecule has 37 heavy (non-hydrogen) atoms. The molecule has 1 fully saturated rings. The zero-order valence-electron chi connectivity index (χ0n) is 19.9. The van der Waals surface area contributed by atoms with Crippen LogP contribution >= 0.6 is 35.0 Å². The maximum atomic E-state index is 12.8. The quantitative estimate of drug-likeness (QED) is 0.316. The molecule has 10 heteroatoms. The van der Waals surface area contributed by atoms with E-state index in [-0.39, 0.29) is 18.1 Å². The van der Waals surface area contributed by atoms with Crippen LogP contribution in [0.5, 0.6) is 11.5 Å². The number of anilines is 1. The van der Waals surface area contributed by atoms with Crippen molar-refractivity contribution < 1.29 is 23.9 Å². The Morgan fingerprint density at radius 3 is 2.46 bits per heavy atom. The molecule has 1 saturated heterocycles. The molecule has 0 bridgehead atoms. The number of carbonyl (C=O) groups is 3. The molecule has 3 aromatic rings. The van der Waals surface area contributed by atoms with E-state index in [0.29, 0.717) is 32.8 Å². The van der Waals surface area contributed by atoms with E-state index < -0.39 is 17.1 Å². The van der Waals surface area contributed by atoms with Gasteiger partial charge in [-0.15, -0.1) is 0 Å². The molecule has 7 nitrogen and oxygen atoms in total. The first-order chi connectivity index (χ1) is 17.7. The molecule has 1 heterocycles. The molecule has 190 valence electrons. The Morgan fingerprint density at radius 1 is 1.00 bits per heavy atom. The summed E-state index contributed by atoms with van der Waals surface area (Å²) in [6, 6.07) is 17.6. The van der Waals surface area contributed by atoms with E-state index in [0.717, 1.165) is 27.8 Å². The van der Waals surface area contributed by atoms with Gasteiger partial charge in [0.15, 0.2) is 11.5 Å². The van der Waals surface area contributed by atoms with E-state index in [1.807, 2.05) is 25.1 Å². The average Bonchev–Trinajstić information content (AvgIpc) is 3.13. The minimum absolute atomic E-state index is 0.208. The summed E-state index contributed by atoms with van der Waals surface area (Å²) in [4.78, 5) is 38.8. The van der Waals surface area contributed by atoms with Crippen LogP contribution < -0.4 is 14.8 Å². The topological polar surface area (TPSA) is 84.9 Å². The molecule has 0 spiro atoms. The fourth-order valence-electron chi connectivity index (χ4n) is 3.45. The molecule has 1 aliphatic heterocycles. The first-order valence-corrected chi connectivity index (χ1v) is 12.7. The third-order valence-electron chi connectivity index (χ3n) is 5.37. The van der Waals surface area contributed by atoms with Crippen molar-refractivity contribution >= 4 is 63.8 Å². The fourth-order valence-corrected chi connectivity index (χ4v) is 4.61. The van der Waals surface area contributed by atoms with Crippen LogP contribution in [0.15, 0.2) is 65.6 Å². The van der Waals surface area contributed by atoms with E-state index in [9.17, 15) is 14.4 Å². The number of benzene rings is 3. The largest absolute Gasteiger partial charge is 0.493 e. The molecule has 0 aromatic heterocycles. The number of imide groups is 1. The van der Waals surface area contributed by atoms with Gasteiger partial charge in [0.1, 0.15) is 13.2 Å². The van der Waals surface area contributed by atoms with E-state index >= 15 is 0 Å². The Balaban J connectivity index is 1.42. The van der Waals surface area contributed by atoms with Crippen LogP contribution in [-0.4, -0.2) is 35.6 Å². The SMILES string of the molecule is COc1cc(/C=C2\SC(=O)N(CC(=O)Nc3ccc(C)cc3)C2=O)ccc1OCc1ccc(Cl)c(Cl)c1. The van der Waals surface area contributed by atoms with Crippen LogP contribution in [0.3, 0.4) is 0 Å². The van der Waals surface area contributed by atoms with Crippen molar-refractivity contribution in [3.63, 3.8) is 0 Å². The molecule has 0 saturated carbocycles. The van der Waals surface area contributed by atoms with Crippen molar-refractivity contribution in [2.75, 3.05) is 19.0 Å². The molecule has 0 atom stereocenters. The monoisotopic (exact) mass is 556 g/mol. The zero-order chi connectivity index (χ0) is 26.5. The van der Waals surface area contributed by atoms with E-state index in [1.54, 1.807) is 48.5 Å². The normalized spacial score (nSPS) is 14.3. The summed E-state index contributed by atoms with van der Waals surface area (Å²) in [6.45, 7) is 1.81. The summed E-state index contributed by atoms with van der Waals surface area (Å²) in [5.74, 6) is -0.0531. The summed E-state index contributed by atoms with van der Waals surface area (Å²) < 4.78 is 11.3. The van der Waals surface area contributed by atoms with Gasteiger partial charge in [-0.1, -0.05) is 53.0 Å². The second-order valence-electron chi connectivity index (χ2n) is 8.13. The summed E-state index contributed by atoms with van der Waals surface area (Å²) in [7, 11) is 1.51. The number of rotatable bonds is 8. The molecule has 0 aliphatic carbocycles. The number of hydrogen-bond donors (Lipinski definition) is 1. The minimum Gasteiger partial charge on any atom is -0.493 e. The summed E-state index contributed by atoms with van der Waals surface area (Å²) in [6.07, 6.45) is 1.58. The van der Waals surface area contributed by atoms with Crippen molar-refractivity contribution in [1.82, 2.24) is 4.90 Å². The molecule has 3 aromatic carbocycles. The van der Waals surface area contributed by atoms with Gasteiger partial charge in [0.2, 0.25) is 5.91 Å². The third-order valence-corrected chi connectivity index (χ3v) is 7.02. The Hall–Kier alpha value is -3.46. The molecule has 1 aliphatic rings. The number of thioether (sulfide) groups is 1. The third kappa shape index (κ3) is 6.65. The lowest BCUT2D eigenvalue weighted by molar-refractivity contribution is -0.127. The molecule has 3 amide bonds. The van der Waals surface area contributed by atoms with E-state index in [4.69, 9.17) is 32.7 Å². The molecular formula is C27H22Cl2N2O5S. The van der Waals surface area contributed by atoms with Gasteiger partial charge in [-0.05, 0) is 72.3 Å². The smallest absolute Gasteiger partial charge is 0.294 e. The Morgan fingerprint density at radius 2 is 1.76 bits per heavy atom. The standard InChI is InChI=1S/C27H22Cl2N2O5S/c1-16-3-7-19(8-4-16)30-25(32)14-31-26(33)24(37-27(31)34)13-17-6-10-22(23(12-17)35-2)36-15-18-5-9-20(28)21(29)11-18/h3-13H,14-15H2,1-2H3,(H,30,32)/b24-13-. The highest BCUT2D eigenvalue weighted by Gasteiger charge is 2.36. The number of methoxy groups -OCH3 is 1. The van der Waals surface area contributed by atoms with Crippen LogP contribution in [-0.2, 0) is 16.2 Å². The first kappa shape index (κ1) is 26.6. The predicted molar refractivity (Wildman–Crippen MR) is 146 cm³/mol. The number of amides is 3. The highest BCUT2D eigenvalue weighted by molar-refractivity contribution is 8.18. The number of halogens is 2. The second kappa shape index (κ2) is 11.7. The summed E-state index contributed by atoms with van der Waals surface area (Å²) >= 11 is 12.8. The van der Waals surface area contributed by atoms with Crippen LogP contribution in [0.4, 0.5) is 10.5 Å². The van der Waals surface area contributed by atoms with Crippen LogP contribution in [0.25, 0.3) is 6.08 Å². The van der Waals surface area contributed by atoms with Gasteiger partial charge in [-0.3, -0.25) is 19.3 Å². The number of nitrogens with one attached hydrogen (secondary N) is 1. The number of ether oxygens (including phenoxy) is 2. The number of carbonyl (C=O) groups excluding carboxylic acids is 3. The summed E-state index contributed by atoms with van der Waals surface area (Å²) in [5, 5.41) is 3.08. The lowest BCUT2D eigenvalue weighted by Crippen LogP contribution is -2.36. The maximum absolute atomic E-state index is 12.8. The highest BCUT2D eigenvalue weighted by Crippen LogP contribution is 2.35. The van der Waals surface area contributed by atoms with Gasteiger partial charge in [-0.25, -0.2) is 0 Å². The molecule has 0 radical (unpaired) electrons. The lowest BCUT2D eigenvalue weighted by atomic mass is 10.1. The lowest BCUT2D eigenvalue weighted by Gasteiger charge is -2.13. The molecule has 4 rings (SSSR count). The van der Waals surface area contributed by atoms with Crippen molar-refractivity contribution in [2.24, 2.45) is 0 Å². The van der Waals surface area contributed by atoms with Gasteiger partial charge >= 0.3 is 0 Å². The van der Waals surface area contributed by atoms with Gasteiger partial charge < -0.3 is 14.8 Å². The second-order valence-corrected chi connectivity index (χ2v) is 9.94. The maximum Gasteiger partial charge on any atom is 0.294 e. The number of aryl methyl sites for hydroxylation is 1. The van der Waals surface area contributed by atoms with Crippen molar-refractivity contribution in [3.05, 3.63) is 92.3 Å². The van der Waals surface area contributed by atoms with Crippen LogP contribution in [0.2, 0.25) is 10.0 Å². The van der Waals surface area contributed by atoms with Crippen molar-refractivity contribution in [2.45, 2.75) is 13.5 Å². The number of nitrogens with zero attached hydrogens (tertiary/aromatic N) is 1. The van der Waals surface area contributed by atoms with Crippen LogP contribution in [0, 0.1) is 6.92 Å². The van der Waals surface area contributed by atoms with Crippen molar-refractivity contribution in [3.8, 4) is 11.5 Å². The van der Waals surface area contributed by atoms with Gasteiger partial charge in [0, 0.05) is 5.69 Å². The van der Waals surface area contributed by atoms with E-state index in [1.165, 1.54) is 7.11 Å². The fraction of sp³-hybridized carbons (Fsp3) is 0.148. The van der Waals surface area contributed by atoms with Gasteiger partial charge in [0.05, 0.1) is 22.1 Å². The Bertz CT molecular complexity index is 1390. The Labute approximate surface area is 228 Å². The first-order valence-electron chi connectivity index (χ1n) is 11.1. The molecule has 1 N–H and O–H groups in total. The molecular weight excluding hydrogens is 535 g/mol. The summed E-state index contributed by atoms with van der Waals surface area (Å²) in [5.41, 5.74) is 3.11. The Kier molecular flexibility index (Phi) is 8.43. The minimum atomic E-state index is -0.534. The van der Waals surface area contributed by atoms with Crippen molar-refractivity contribution in [1.29, 1.82) is 0 Å². The molecule has 0 unspecified atom stereocenters. The van der Waals surface area contributed by atoms with Gasteiger partial charge in [-0.2, -0.15) is 0 Å². The zero-order valence-corrected chi connectivity index (χ0v) is 22.2. The predicted octanol–water partition coefficient (Wildman–Crippen LogP) is 6.56.